The van der Waals surface area contributed by atoms with E-state index in [9.17, 15) is 4.79 Å². The third-order valence-electron chi connectivity index (χ3n) is 5.48. The number of hydrogen-bond acceptors (Lipinski definition) is 4. The summed E-state index contributed by atoms with van der Waals surface area (Å²) in [4.78, 5) is 13.2. The minimum atomic E-state index is -0.623. The Balaban J connectivity index is 1.68. The molecule has 4 heteroatoms. The second-order valence-electron chi connectivity index (χ2n) is 8.28. The fourth-order valence-corrected chi connectivity index (χ4v) is 4.43. The molecule has 0 fully saturated rings. The van der Waals surface area contributed by atoms with Crippen LogP contribution in [-0.4, -0.2) is 18.5 Å². The molecule has 0 radical (unpaired) electrons. The number of thioether (sulfide) groups is 1. The summed E-state index contributed by atoms with van der Waals surface area (Å²) in [6, 6.07) is 16.3. The van der Waals surface area contributed by atoms with Crippen LogP contribution in [0.4, 0.5) is 4.79 Å². The van der Waals surface area contributed by atoms with Crippen molar-refractivity contribution >= 4 is 17.9 Å². The highest BCUT2D eigenvalue weighted by Gasteiger charge is 2.07. The number of rotatable bonds is 16. The van der Waals surface area contributed by atoms with Crippen molar-refractivity contribution in [1.82, 2.24) is 0 Å². The minimum absolute atomic E-state index is 0.423. The predicted octanol–water partition coefficient (Wildman–Crippen LogP) is 9.29. The molecule has 0 heterocycles. The molecule has 2 aromatic carbocycles. The number of carbonyl (C=O) groups excluding carboxylic acids is 1. The second kappa shape index (κ2) is 16.7. The highest BCUT2D eigenvalue weighted by atomic mass is 32.2. The molecule has 0 saturated carbocycles. The van der Waals surface area contributed by atoms with Gasteiger partial charge < -0.3 is 9.47 Å². The van der Waals surface area contributed by atoms with Gasteiger partial charge in [-0.05, 0) is 54.0 Å². The molecular weight excluding hydrogens is 416 g/mol. The Labute approximate surface area is 199 Å². The molecule has 0 aliphatic rings. The third-order valence-corrected chi connectivity index (χ3v) is 6.58. The van der Waals surface area contributed by atoms with Crippen LogP contribution in [0, 0.1) is 0 Å². The Morgan fingerprint density at radius 3 is 1.84 bits per heavy atom. The Morgan fingerprint density at radius 1 is 0.688 bits per heavy atom. The van der Waals surface area contributed by atoms with Crippen LogP contribution in [-0.2, 0) is 4.74 Å². The van der Waals surface area contributed by atoms with Crippen LogP contribution < -0.4 is 4.74 Å². The highest BCUT2D eigenvalue weighted by molar-refractivity contribution is 7.99. The average Bonchev–Trinajstić information content (AvgIpc) is 2.82. The first-order valence-electron chi connectivity index (χ1n) is 12.4. The first-order chi connectivity index (χ1) is 15.7. The van der Waals surface area contributed by atoms with Crippen LogP contribution in [0.5, 0.6) is 5.75 Å². The van der Waals surface area contributed by atoms with Crippen molar-refractivity contribution < 1.29 is 14.3 Å². The first kappa shape index (κ1) is 26.3. The van der Waals surface area contributed by atoms with Gasteiger partial charge in [0, 0.05) is 4.90 Å². The van der Waals surface area contributed by atoms with Crippen LogP contribution in [0.15, 0.2) is 53.4 Å². The minimum Gasteiger partial charge on any atom is -0.434 e. The summed E-state index contributed by atoms with van der Waals surface area (Å²) in [5.74, 6) is 1.70. The van der Waals surface area contributed by atoms with E-state index < -0.39 is 6.16 Å². The van der Waals surface area contributed by atoms with E-state index in [1.165, 1.54) is 68.4 Å². The van der Waals surface area contributed by atoms with Gasteiger partial charge in [0.25, 0.3) is 0 Å². The van der Waals surface area contributed by atoms with E-state index in [-0.39, 0.29) is 0 Å². The molecule has 0 saturated heterocycles. The van der Waals surface area contributed by atoms with Crippen LogP contribution in [0.25, 0.3) is 11.1 Å². The van der Waals surface area contributed by atoms with E-state index in [0.29, 0.717) is 12.4 Å². The average molecular weight is 457 g/mol. The van der Waals surface area contributed by atoms with Crippen LogP contribution in [0.3, 0.4) is 0 Å². The summed E-state index contributed by atoms with van der Waals surface area (Å²) in [5, 5.41) is 0. The zero-order chi connectivity index (χ0) is 22.9. The van der Waals surface area contributed by atoms with Gasteiger partial charge in [-0.15, -0.1) is 11.8 Å². The molecule has 176 valence electrons. The molecule has 3 nitrogen and oxygen atoms in total. The lowest BCUT2D eigenvalue weighted by atomic mass is 10.1. The van der Waals surface area contributed by atoms with Gasteiger partial charge in [-0.3, -0.25) is 0 Å². The maximum Gasteiger partial charge on any atom is 0.513 e. The lowest BCUT2D eigenvalue weighted by Crippen LogP contribution is -2.11. The number of carbonyl (C=O) groups is 1. The van der Waals surface area contributed by atoms with Crippen molar-refractivity contribution in [3.8, 4) is 16.9 Å². The van der Waals surface area contributed by atoms with Gasteiger partial charge in [-0.2, -0.15) is 0 Å². The van der Waals surface area contributed by atoms with Gasteiger partial charge >= 0.3 is 6.16 Å². The molecule has 0 bridgehead atoms. The van der Waals surface area contributed by atoms with Crippen molar-refractivity contribution in [2.24, 2.45) is 0 Å². The van der Waals surface area contributed by atoms with E-state index in [1.807, 2.05) is 36.0 Å². The first-order valence-corrected chi connectivity index (χ1v) is 13.4. The van der Waals surface area contributed by atoms with Gasteiger partial charge in [-0.1, -0.05) is 95.9 Å². The summed E-state index contributed by atoms with van der Waals surface area (Å²) in [6.45, 7) is 4.88. The zero-order valence-corrected chi connectivity index (χ0v) is 20.8. The van der Waals surface area contributed by atoms with E-state index >= 15 is 0 Å². The second-order valence-corrected chi connectivity index (χ2v) is 9.45. The molecular formula is C28H40O3S. The van der Waals surface area contributed by atoms with Crippen molar-refractivity contribution in [2.75, 3.05) is 12.4 Å². The third kappa shape index (κ3) is 11.1. The Bertz CT molecular complexity index is 740. The molecule has 0 spiro atoms. The monoisotopic (exact) mass is 456 g/mol. The lowest BCUT2D eigenvalue weighted by Gasteiger charge is -2.08. The Kier molecular flexibility index (Phi) is 13.7. The summed E-state index contributed by atoms with van der Waals surface area (Å²) >= 11 is 1.93. The number of benzene rings is 2. The van der Waals surface area contributed by atoms with Crippen LogP contribution in [0.2, 0.25) is 0 Å². The molecule has 0 atom stereocenters. The fourth-order valence-electron chi connectivity index (χ4n) is 3.52. The van der Waals surface area contributed by atoms with E-state index in [4.69, 9.17) is 9.47 Å². The summed E-state index contributed by atoms with van der Waals surface area (Å²) in [6.07, 6.45) is 13.0. The molecule has 2 aromatic rings. The Morgan fingerprint density at radius 2 is 1.22 bits per heavy atom. The van der Waals surface area contributed by atoms with Gasteiger partial charge in [0.05, 0.1) is 6.61 Å². The zero-order valence-electron chi connectivity index (χ0n) is 19.9. The number of hydrogen-bond donors (Lipinski definition) is 0. The molecule has 2 rings (SSSR count). The fraction of sp³-hybridized carbons (Fsp3) is 0.536. The van der Waals surface area contributed by atoms with Gasteiger partial charge in [-0.25, -0.2) is 4.79 Å². The summed E-state index contributed by atoms with van der Waals surface area (Å²) < 4.78 is 10.5. The lowest BCUT2D eigenvalue weighted by molar-refractivity contribution is 0.0973. The van der Waals surface area contributed by atoms with Gasteiger partial charge in [0.1, 0.15) is 5.75 Å². The normalized spacial score (nSPS) is 10.8. The van der Waals surface area contributed by atoms with Crippen molar-refractivity contribution in [2.45, 2.75) is 89.4 Å². The van der Waals surface area contributed by atoms with E-state index in [1.54, 1.807) is 0 Å². The molecule has 0 unspecified atom stereocenters. The Hall–Kier alpha value is -1.94. The SMILES string of the molecule is CCCCCCCCOC(=O)Oc1ccc(-c2ccc(SCCCCCCC)cc2)cc1. The topological polar surface area (TPSA) is 35.5 Å². The van der Waals surface area contributed by atoms with E-state index in [2.05, 4.69) is 38.1 Å². The maximum atomic E-state index is 11.9. The molecule has 0 aliphatic heterocycles. The van der Waals surface area contributed by atoms with Crippen LogP contribution >= 0.6 is 11.8 Å². The quantitative estimate of drug-likeness (QED) is 0.109. The highest BCUT2D eigenvalue weighted by Crippen LogP contribution is 2.26. The maximum absolute atomic E-state index is 11.9. The molecule has 0 N–H and O–H groups in total. The van der Waals surface area contributed by atoms with Crippen molar-refractivity contribution in [1.29, 1.82) is 0 Å². The number of unbranched alkanes of at least 4 members (excludes halogenated alkanes) is 9. The summed E-state index contributed by atoms with van der Waals surface area (Å²) in [7, 11) is 0. The number of ether oxygens (including phenoxy) is 2. The molecule has 0 aliphatic carbocycles. The standard InChI is InChI=1S/C28H40O3S/c1-3-5-7-9-10-12-22-30-28(29)31-26-18-14-24(15-19-26)25-16-20-27(21-17-25)32-23-13-11-8-6-4-2/h14-21H,3-13,22-23H2,1-2H3. The predicted molar refractivity (Wildman–Crippen MR) is 137 cm³/mol. The summed E-state index contributed by atoms with van der Waals surface area (Å²) in [5.41, 5.74) is 2.27. The molecule has 0 aromatic heterocycles. The van der Waals surface area contributed by atoms with E-state index in [0.717, 1.165) is 24.0 Å². The molecule has 32 heavy (non-hydrogen) atoms. The van der Waals surface area contributed by atoms with Crippen molar-refractivity contribution in [3.63, 3.8) is 0 Å². The molecule has 0 amide bonds. The van der Waals surface area contributed by atoms with Crippen molar-refractivity contribution in [3.05, 3.63) is 48.5 Å². The largest absolute Gasteiger partial charge is 0.513 e. The van der Waals surface area contributed by atoms with Crippen LogP contribution in [0.1, 0.15) is 84.5 Å². The van der Waals surface area contributed by atoms with Gasteiger partial charge in [0.2, 0.25) is 0 Å². The van der Waals surface area contributed by atoms with Gasteiger partial charge in [0.15, 0.2) is 0 Å². The smallest absolute Gasteiger partial charge is 0.434 e.